The SMILES string of the molecule is COC(=O)CCCCCc1ccc(OCC2CO2)cc1. The Morgan fingerprint density at radius 2 is 2.00 bits per heavy atom. The van der Waals surface area contributed by atoms with Crippen molar-refractivity contribution in [2.45, 2.75) is 38.2 Å². The highest BCUT2D eigenvalue weighted by Crippen LogP contribution is 2.17. The van der Waals surface area contributed by atoms with E-state index in [1.54, 1.807) is 0 Å². The molecule has 110 valence electrons. The summed E-state index contributed by atoms with van der Waals surface area (Å²) in [6.07, 6.45) is 4.89. The predicted octanol–water partition coefficient (Wildman–Crippen LogP) is 2.74. The van der Waals surface area contributed by atoms with E-state index in [0.29, 0.717) is 19.1 Å². The second-order valence-electron chi connectivity index (χ2n) is 5.05. The molecule has 0 spiro atoms. The summed E-state index contributed by atoms with van der Waals surface area (Å²) in [6.45, 7) is 1.47. The highest BCUT2D eigenvalue weighted by Gasteiger charge is 2.22. The van der Waals surface area contributed by atoms with Gasteiger partial charge in [0.05, 0.1) is 13.7 Å². The molecule has 4 heteroatoms. The minimum absolute atomic E-state index is 0.119. The van der Waals surface area contributed by atoms with Gasteiger partial charge in [-0.15, -0.1) is 0 Å². The number of hydrogen-bond donors (Lipinski definition) is 0. The van der Waals surface area contributed by atoms with Crippen LogP contribution in [0.1, 0.15) is 31.2 Å². The minimum Gasteiger partial charge on any atom is -0.491 e. The number of rotatable bonds is 9. The lowest BCUT2D eigenvalue weighted by Crippen LogP contribution is -2.03. The summed E-state index contributed by atoms with van der Waals surface area (Å²) in [6, 6.07) is 8.21. The molecule has 0 bridgehead atoms. The largest absolute Gasteiger partial charge is 0.491 e. The van der Waals surface area contributed by atoms with Gasteiger partial charge in [0, 0.05) is 6.42 Å². The van der Waals surface area contributed by atoms with Gasteiger partial charge in [0.1, 0.15) is 18.5 Å². The van der Waals surface area contributed by atoms with Gasteiger partial charge in [-0.1, -0.05) is 18.6 Å². The first-order valence-electron chi connectivity index (χ1n) is 7.18. The van der Waals surface area contributed by atoms with Crippen molar-refractivity contribution in [1.29, 1.82) is 0 Å². The third-order valence-electron chi connectivity index (χ3n) is 3.34. The number of esters is 1. The van der Waals surface area contributed by atoms with E-state index in [0.717, 1.165) is 38.0 Å². The number of methoxy groups -OCH3 is 1. The van der Waals surface area contributed by atoms with E-state index in [1.165, 1.54) is 12.7 Å². The van der Waals surface area contributed by atoms with Crippen molar-refractivity contribution >= 4 is 5.97 Å². The average molecular weight is 278 g/mol. The van der Waals surface area contributed by atoms with Crippen molar-refractivity contribution in [1.82, 2.24) is 0 Å². The van der Waals surface area contributed by atoms with Gasteiger partial charge in [-0.05, 0) is 37.0 Å². The molecule has 0 aromatic heterocycles. The molecular weight excluding hydrogens is 256 g/mol. The number of hydrogen-bond acceptors (Lipinski definition) is 4. The number of benzene rings is 1. The summed E-state index contributed by atoms with van der Waals surface area (Å²) in [4.78, 5) is 11.0. The fourth-order valence-corrected chi connectivity index (χ4v) is 1.98. The van der Waals surface area contributed by atoms with E-state index in [2.05, 4.69) is 16.9 Å². The van der Waals surface area contributed by atoms with Crippen LogP contribution >= 0.6 is 0 Å². The molecule has 0 N–H and O–H groups in total. The average Bonchev–Trinajstić information content (AvgIpc) is 3.30. The molecule has 1 fully saturated rings. The molecule has 0 aliphatic carbocycles. The molecule has 2 rings (SSSR count). The quantitative estimate of drug-likeness (QED) is 0.396. The lowest BCUT2D eigenvalue weighted by Gasteiger charge is -2.06. The van der Waals surface area contributed by atoms with Gasteiger partial charge >= 0.3 is 5.97 Å². The summed E-state index contributed by atoms with van der Waals surface area (Å²) in [5.41, 5.74) is 1.30. The Labute approximate surface area is 120 Å². The Morgan fingerprint density at radius 1 is 1.25 bits per heavy atom. The first-order chi connectivity index (χ1) is 9.78. The maximum atomic E-state index is 11.0. The van der Waals surface area contributed by atoms with Gasteiger partial charge in [0.2, 0.25) is 0 Å². The zero-order valence-electron chi connectivity index (χ0n) is 12.0. The van der Waals surface area contributed by atoms with Crippen LogP contribution in [0.15, 0.2) is 24.3 Å². The van der Waals surface area contributed by atoms with Crippen molar-refractivity contribution in [2.75, 3.05) is 20.3 Å². The maximum absolute atomic E-state index is 11.0. The second kappa shape index (κ2) is 7.90. The Hall–Kier alpha value is -1.55. The molecule has 4 nitrogen and oxygen atoms in total. The summed E-state index contributed by atoms with van der Waals surface area (Å²) in [5, 5.41) is 0. The summed E-state index contributed by atoms with van der Waals surface area (Å²) in [5.74, 6) is 0.779. The van der Waals surface area contributed by atoms with Crippen molar-refractivity contribution in [2.24, 2.45) is 0 Å². The molecule has 1 aromatic carbocycles. The van der Waals surface area contributed by atoms with E-state index < -0.39 is 0 Å². The molecular formula is C16H22O4. The van der Waals surface area contributed by atoms with Crippen LogP contribution in [-0.4, -0.2) is 32.4 Å². The molecule has 1 aliphatic heterocycles. The highest BCUT2D eigenvalue weighted by molar-refractivity contribution is 5.68. The molecule has 1 unspecified atom stereocenters. The smallest absolute Gasteiger partial charge is 0.305 e. The topological polar surface area (TPSA) is 48.1 Å². The van der Waals surface area contributed by atoms with E-state index in [1.807, 2.05) is 12.1 Å². The first-order valence-corrected chi connectivity index (χ1v) is 7.18. The lowest BCUT2D eigenvalue weighted by atomic mass is 10.1. The number of ether oxygens (including phenoxy) is 3. The van der Waals surface area contributed by atoms with Gasteiger partial charge in [-0.2, -0.15) is 0 Å². The van der Waals surface area contributed by atoms with Crippen molar-refractivity contribution in [3.8, 4) is 5.75 Å². The number of epoxide rings is 1. The third-order valence-corrected chi connectivity index (χ3v) is 3.34. The maximum Gasteiger partial charge on any atom is 0.305 e. The zero-order valence-corrected chi connectivity index (χ0v) is 12.0. The summed E-state index contributed by atoms with van der Waals surface area (Å²) < 4.78 is 15.3. The Balaban J connectivity index is 1.59. The van der Waals surface area contributed by atoms with Crippen molar-refractivity contribution < 1.29 is 19.0 Å². The number of aryl methyl sites for hydroxylation is 1. The van der Waals surface area contributed by atoms with Gasteiger partial charge < -0.3 is 14.2 Å². The zero-order chi connectivity index (χ0) is 14.2. The van der Waals surface area contributed by atoms with Crippen LogP contribution in [-0.2, 0) is 20.7 Å². The molecule has 20 heavy (non-hydrogen) atoms. The van der Waals surface area contributed by atoms with Gasteiger partial charge in [0.15, 0.2) is 0 Å². The lowest BCUT2D eigenvalue weighted by molar-refractivity contribution is -0.140. The highest BCUT2D eigenvalue weighted by atomic mass is 16.6. The first kappa shape index (κ1) is 14.9. The summed E-state index contributed by atoms with van der Waals surface area (Å²) >= 11 is 0. The fourth-order valence-electron chi connectivity index (χ4n) is 1.98. The van der Waals surface area contributed by atoms with Crippen molar-refractivity contribution in [3.63, 3.8) is 0 Å². The van der Waals surface area contributed by atoms with Gasteiger partial charge in [0.25, 0.3) is 0 Å². The molecule has 0 amide bonds. The molecule has 0 saturated carbocycles. The second-order valence-corrected chi connectivity index (χ2v) is 5.05. The van der Waals surface area contributed by atoms with Crippen LogP contribution in [0.4, 0.5) is 0 Å². The van der Waals surface area contributed by atoms with E-state index >= 15 is 0 Å². The van der Waals surface area contributed by atoms with Crippen LogP contribution in [0.3, 0.4) is 0 Å². The van der Waals surface area contributed by atoms with Crippen molar-refractivity contribution in [3.05, 3.63) is 29.8 Å². The Morgan fingerprint density at radius 3 is 2.65 bits per heavy atom. The number of carbonyl (C=O) groups excluding carboxylic acids is 1. The Bertz CT molecular complexity index is 409. The van der Waals surface area contributed by atoms with Gasteiger partial charge in [-0.25, -0.2) is 0 Å². The molecule has 0 radical (unpaired) electrons. The van der Waals surface area contributed by atoms with E-state index in [-0.39, 0.29) is 5.97 Å². The minimum atomic E-state index is -0.119. The monoisotopic (exact) mass is 278 g/mol. The van der Waals surface area contributed by atoms with Crippen LogP contribution < -0.4 is 4.74 Å². The normalized spacial score (nSPS) is 16.8. The fraction of sp³-hybridized carbons (Fsp3) is 0.562. The summed E-state index contributed by atoms with van der Waals surface area (Å²) in [7, 11) is 1.43. The number of unbranched alkanes of at least 4 members (excludes halogenated alkanes) is 2. The van der Waals surface area contributed by atoms with Crippen LogP contribution in [0.5, 0.6) is 5.75 Å². The van der Waals surface area contributed by atoms with E-state index in [4.69, 9.17) is 9.47 Å². The molecule has 1 saturated heterocycles. The van der Waals surface area contributed by atoms with Crippen LogP contribution in [0.2, 0.25) is 0 Å². The number of carbonyl (C=O) groups is 1. The van der Waals surface area contributed by atoms with Crippen LogP contribution in [0.25, 0.3) is 0 Å². The molecule has 1 aromatic rings. The third kappa shape index (κ3) is 5.61. The Kier molecular flexibility index (Phi) is 5.87. The van der Waals surface area contributed by atoms with Crippen LogP contribution in [0, 0.1) is 0 Å². The molecule has 1 aliphatic rings. The molecule has 1 atom stereocenters. The predicted molar refractivity (Wildman–Crippen MR) is 75.9 cm³/mol. The van der Waals surface area contributed by atoms with Gasteiger partial charge in [-0.3, -0.25) is 4.79 Å². The standard InChI is InChI=1S/C16H22O4/c1-18-16(17)6-4-2-3-5-13-7-9-14(10-8-13)19-11-15-12-20-15/h7-10,15H,2-6,11-12H2,1H3. The van der Waals surface area contributed by atoms with E-state index in [9.17, 15) is 4.79 Å². The molecule has 1 heterocycles.